The van der Waals surface area contributed by atoms with E-state index in [0.717, 1.165) is 16.7 Å². The predicted molar refractivity (Wildman–Crippen MR) is 129 cm³/mol. The maximum atomic E-state index is 12.8. The van der Waals surface area contributed by atoms with E-state index in [0.29, 0.717) is 17.9 Å². The van der Waals surface area contributed by atoms with Gasteiger partial charge in [-0.25, -0.2) is 4.79 Å². The molecule has 2 aromatic carbocycles. The summed E-state index contributed by atoms with van der Waals surface area (Å²) in [4.78, 5) is 40.7. The van der Waals surface area contributed by atoms with Crippen molar-refractivity contribution in [3.8, 4) is 11.5 Å². The molecule has 0 saturated carbocycles. The lowest BCUT2D eigenvalue weighted by molar-refractivity contribution is -0.130. The van der Waals surface area contributed by atoms with Gasteiger partial charge in [0.05, 0.1) is 5.92 Å². The van der Waals surface area contributed by atoms with Crippen molar-refractivity contribution in [2.75, 3.05) is 14.1 Å². The standard InChI is InChI=1S/C26H26N4O4/c1-30(2)25(32)23(16-19-4-3-15-28-17-19)20-8-12-22(13-9-20)34-21-10-5-18(6-11-21)7-14-24(31)29-26(27)33/h3-15,17,23H,16H2,1-2H3,(H3,27,29,31,33)/b14-7+. The fraction of sp³-hybridized carbons (Fsp3) is 0.154. The van der Waals surface area contributed by atoms with E-state index >= 15 is 0 Å². The molecule has 0 aliphatic carbocycles. The Morgan fingerprint density at radius 3 is 2.24 bits per heavy atom. The van der Waals surface area contributed by atoms with Crippen LogP contribution in [0.2, 0.25) is 0 Å². The first-order valence-electron chi connectivity index (χ1n) is 10.6. The summed E-state index contributed by atoms with van der Waals surface area (Å²) in [5.41, 5.74) is 7.54. The lowest BCUT2D eigenvalue weighted by atomic mass is 9.91. The number of rotatable bonds is 8. The molecule has 0 radical (unpaired) electrons. The van der Waals surface area contributed by atoms with Gasteiger partial charge in [-0.15, -0.1) is 0 Å². The number of likely N-dealkylation sites (N-methyl/N-ethyl adjacent to an activating group) is 1. The van der Waals surface area contributed by atoms with E-state index in [1.54, 1.807) is 61.7 Å². The number of carbonyl (C=O) groups excluding carboxylic acids is 3. The van der Waals surface area contributed by atoms with E-state index in [1.807, 2.05) is 41.7 Å². The normalized spacial score (nSPS) is 11.6. The number of carbonyl (C=O) groups is 3. The zero-order valence-corrected chi connectivity index (χ0v) is 19.0. The first-order chi connectivity index (χ1) is 16.3. The molecule has 1 atom stereocenters. The molecular formula is C26H26N4O4. The number of urea groups is 1. The van der Waals surface area contributed by atoms with Gasteiger partial charge in [0.25, 0.3) is 5.91 Å². The van der Waals surface area contributed by atoms with Crippen molar-refractivity contribution in [1.29, 1.82) is 0 Å². The number of hydrogen-bond donors (Lipinski definition) is 2. The number of nitrogens with two attached hydrogens (primary N) is 1. The number of nitrogens with one attached hydrogen (secondary N) is 1. The molecule has 3 aromatic rings. The molecule has 1 unspecified atom stereocenters. The molecule has 4 amide bonds. The van der Waals surface area contributed by atoms with Crippen molar-refractivity contribution >= 4 is 23.9 Å². The minimum atomic E-state index is -0.904. The van der Waals surface area contributed by atoms with Crippen molar-refractivity contribution < 1.29 is 19.1 Å². The van der Waals surface area contributed by atoms with Crippen LogP contribution in [0.5, 0.6) is 11.5 Å². The van der Waals surface area contributed by atoms with Gasteiger partial charge in [0.1, 0.15) is 11.5 Å². The minimum Gasteiger partial charge on any atom is -0.457 e. The number of aromatic nitrogens is 1. The van der Waals surface area contributed by atoms with Crippen LogP contribution in [-0.4, -0.2) is 41.8 Å². The molecule has 8 heteroatoms. The Labute approximate surface area is 198 Å². The summed E-state index contributed by atoms with van der Waals surface area (Å²) in [6.07, 6.45) is 6.81. The number of benzene rings is 2. The Hall–Kier alpha value is -4.46. The van der Waals surface area contributed by atoms with Gasteiger partial charge in [0, 0.05) is 32.6 Å². The molecule has 1 aromatic heterocycles. The average molecular weight is 459 g/mol. The van der Waals surface area contributed by atoms with Crippen LogP contribution in [0.15, 0.2) is 79.1 Å². The third-order valence-corrected chi connectivity index (χ3v) is 4.97. The number of pyridine rings is 1. The summed E-state index contributed by atoms with van der Waals surface area (Å²) in [6, 6.07) is 17.4. The molecule has 3 N–H and O–H groups in total. The summed E-state index contributed by atoms with van der Waals surface area (Å²) in [7, 11) is 3.50. The summed E-state index contributed by atoms with van der Waals surface area (Å²) in [6.45, 7) is 0. The van der Waals surface area contributed by atoms with E-state index in [9.17, 15) is 14.4 Å². The third-order valence-electron chi connectivity index (χ3n) is 4.97. The second-order valence-corrected chi connectivity index (χ2v) is 7.78. The lowest BCUT2D eigenvalue weighted by Crippen LogP contribution is -2.33. The number of nitrogens with zero attached hydrogens (tertiary/aromatic N) is 2. The average Bonchev–Trinajstić information content (AvgIpc) is 2.82. The molecule has 174 valence electrons. The number of ether oxygens (including phenoxy) is 1. The maximum Gasteiger partial charge on any atom is 0.319 e. The van der Waals surface area contributed by atoms with Crippen LogP contribution in [0.3, 0.4) is 0 Å². The Bertz CT molecular complexity index is 1160. The van der Waals surface area contributed by atoms with Crippen molar-refractivity contribution in [2.45, 2.75) is 12.3 Å². The molecule has 3 rings (SSSR count). The molecule has 0 bridgehead atoms. The smallest absolute Gasteiger partial charge is 0.319 e. The van der Waals surface area contributed by atoms with Gasteiger partial charge in [-0.2, -0.15) is 0 Å². The van der Waals surface area contributed by atoms with E-state index in [4.69, 9.17) is 10.5 Å². The van der Waals surface area contributed by atoms with Crippen molar-refractivity contribution in [3.05, 3.63) is 95.8 Å². The highest BCUT2D eigenvalue weighted by Crippen LogP contribution is 2.27. The molecule has 8 nitrogen and oxygen atoms in total. The summed E-state index contributed by atoms with van der Waals surface area (Å²) < 4.78 is 5.90. The maximum absolute atomic E-state index is 12.8. The van der Waals surface area contributed by atoms with Crippen LogP contribution in [0.1, 0.15) is 22.6 Å². The molecule has 0 aliphatic rings. The number of hydrogen-bond acceptors (Lipinski definition) is 5. The Morgan fingerprint density at radius 2 is 1.68 bits per heavy atom. The highest BCUT2D eigenvalue weighted by atomic mass is 16.5. The summed E-state index contributed by atoms with van der Waals surface area (Å²) >= 11 is 0. The Kier molecular flexibility index (Phi) is 8.12. The molecular weight excluding hydrogens is 432 g/mol. The zero-order chi connectivity index (χ0) is 24.5. The molecule has 0 aliphatic heterocycles. The Balaban J connectivity index is 1.68. The third kappa shape index (κ3) is 7.03. The summed E-state index contributed by atoms with van der Waals surface area (Å²) in [5.74, 6) is 0.340. The highest BCUT2D eigenvalue weighted by Gasteiger charge is 2.23. The predicted octanol–water partition coefficient (Wildman–Crippen LogP) is 3.50. The van der Waals surface area contributed by atoms with Gasteiger partial charge >= 0.3 is 6.03 Å². The second kappa shape index (κ2) is 11.4. The van der Waals surface area contributed by atoms with Crippen molar-refractivity contribution in [1.82, 2.24) is 15.2 Å². The van der Waals surface area contributed by atoms with Gasteiger partial charge in [-0.3, -0.25) is 19.9 Å². The van der Waals surface area contributed by atoms with Gasteiger partial charge in [-0.1, -0.05) is 30.3 Å². The number of primary amides is 1. The second-order valence-electron chi connectivity index (χ2n) is 7.78. The van der Waals surface area contributed by atoms with Gasteiger partial charge < -0.3 is 15.4 Å². The first kappa shape index (κ1) is 24.2. The van der Waals surface area contributed by atoms with Crippen LogP contribution in [0.25, 0.3) is 6.08 Å². The number of amides is 4. The van der Waals surface area contributed by atoms with Crippen LogP contribution in [-0.2, 0) is 16.0 Å². The van der Waals surface area contributed by atoms with Crippen LogP contribution in [0.4, 0.5) is 4.79 Å². The fourth-order valence-corrected chi connectivity index (χ4v) is 3.30. The molecule has 0 saturated heterocycles. The fourth-order valence-electron chi connectivity index (χ4n) is 3.30. The van der Waals surface area contributed by atoms with Crippen LogP contribution >= 0.6 is 0 Å². The summed E-state index contributed by atoms with van der Waals surface area (Å²) in [5, 5.41) is 1.96. The van der Waals surface area contributed by atoms with E-state index in [2.05, 4.69) is 4.98 Å². The molecule has 0 fully saturated rings. The van der Waals surface area contributed by atoms with Crippen LogP contribution in [0, 0.1) is 0 Å². The van der Waals surface area contributed by atoms with Gasteiger partial charge in [0.2, 0.25) is 5.91 Å². The quantitative estimate of drug-likeness (QED) is 0.502. The van der Waals surface area contributed by atoms with E-state index < -0.39 is 11.9 Å². The van der Waals surface area contributed by atoms with Gasteiger partial charge in [0.15, 0.2) is 0 Å². The minimum absolute atomic E-state index is 0.0191. The van der Waals surface area contributed by atoms with Gasteiger partial charge in [-0.05, 0) is 59.5 Å². The van der Waals surface area contributed by atoms with Crippen molar-refractivity contribution in [2.24, 2.45) is 5.73 Å². The van der Waals surface area contributed by atoms with E-state index in [1.165, 1.54) is 6.08 Å². The van der Waals surface area contributed by atoms with E-state index in [-0.39, 0.29) is 11.8 Å². The highest BCUT2D eigenvalue weighted by molar-refractivity contribution is 6.01. The largest absolute Gasteiger partial charge is 0.457 e. The SMILES string of the molecule is CN(C)C(=O)C(Cc1cccnc1)c1ccc(Oc2ccc(/C=C/C(=O)NC(N)=O)cc2)cc1. The number of imide groups is 1. The Morgan fingerprint density at radius 1 is 1.03 bits per heavy atom. The van der Waals surface area contributed by atoms with Crippen LogP contribution < -0.4 is 15.8 Å². The monoisotopic (exact) mass is 458 g/mol. The topological polar surface area (TPSA) is 115 Å². The lowest BCUT2D eigenvalue weighted by Gasteiger charge is -2.21. The molecule has 0 spiro atoms. The molecule has 34 heavy (non-hydrogen) atoms. The van der Waals surface area contributed by atoms with Crippen molar-refractivity contribution in [3.63, 3.8) is 0 Å². The zero-order valence-electron chi connectivity index (χ0n) is 19.0. The molecule has 1 heterocycles. The first-order valence-corrected chi connectivity index (χ1v) is 10.6.